The predicted molar refractivity (Wildman–Crippen MR) is 82.5 cm³/mol. The van der Waals surface area contributed by atoms with Crippen molar-refractivity contribution in [1.29, 1.82) is 0 Å². The molecule has 18 heavy (non-hydrogen) atoms. The Morgan fingerprint density at radius 3 is 2.67 bits per heavy atom. The van der Waals surface area contributed by atoms with Crippen molar-refractivity contribution in [2.24, 2.45) is 5.92 Å². The normalized spacial score (nSPS) is 16.1. The number of rotatable bonds is 4. The first-order valence-corrected chi connectivity index (χ1v) is 7.23. The van der Waals surface area contributed by atoms with Gasteiger partial charge in [-0.15, -0.1) is 12.4 Å². The number of hydrogen-bond donors (Lipinski definition) is 1. The molecular weight excluding hydrogens is 314 g/mol. The lowest BCUT2D eigenvalue weighted by Crippen LogP contribution is -2.10. The van der Waals surface area contributed by atoms with Crippen LogP contribution in [0.5, 0.6) is 5.75 Å². The van der Waals surface area contributed by atoms with Crippen molar-refractivity contribution in [2.45, 2.75) is 38.5 Å². The average Bonchev–Trinajstić information content (AvgIpc) is 2.35. The van der Waals surface area contributed by atoms with Crippen molar-refractivity contribution in [3.8, 4) is 5.75 Å². The second-order valence-electron chi connectivity index (χ2n) is 4.83. The molecule has 2 N–H and O–H groups in total. The largest absolute Gasteiger partial charge is 0.492 e. The van der Waals surface area contributed by atoms with Gasteiger partial charge in [0.1, 0.15) is 5.75 Å². The van der Waals surface area contributed by atoms with Gasteiger partial charge in [0.15, 0.2) is 0 Å². The lowest BCUT2D eigenvalue weighted by molar-refractivity contribution is 0.245. The van der Waals surface area contributed by atoms with Gasteiger partial charge in [0.05, 0.1) is 11.1 Å². The van der Waals surface area contributed by atoms with Crippen LogP contribution in [-0.2, 0) is 0 Å². The number of nitrogen functional groups attached to an aromatic ring is 1. The zero-order valence-electron chi connectivity index (χ0n) is 10.5. The lowest BCUT2D eigenvalue weighted by Gasteiger charge is -2.21. The van der Waals surface area contributed by atoms with E-state index in [0.717, 1.165) is 28.4 Å². The molecular formula is C14H21BrClNO. The topological polar surface area (TPSA) is 35.2 Å². The molecule has 1 aromatic rings. The summed E-state index contributed by atoms with van der Waals surface area (Å²) in [4.78, 5) is 0. The Morgan fingerprint density at radius 2 is 1.94 bits per heavy atom. The maximum Gasteiger partial charge on any atom is 0.135 e. The first-order valence-electron chi connectivity index (χ1n) is 6.43. The minimum atomic E-state index is 0. The molecule has 0 aromatic heterocycles. The van der Waals surface area contributed by atoms with E-state index in [1.165, 1.54) is 38.5 Å². The van der Waals surface area contributed by atoms with Gasteiger partial charge in [0.2, 0.25) is 0 Å². The molecule has 4 heteroatoms. The Hall–Kier alpha value is -0.410. The third kappa shape index (κ3) is 4.69. The molecule has 1 fully saturated rings. The van der Waals surface area contributed by atoms with E-state index in [-0.39, 0.29) is 12.4 Å². The smallest absolute Gasteiger partial charge is 0.135 e. The van der Waals surface area contributed by atoms with E-state index in [1.54, 1.807) is 0 Å². The van der Waals surface area contributed by atoms with Crippen LogP contribution in [0.15, 0.2) is 22.7 Å². The Morgan fingerprint density at radius 1 is 1.22 bits per heavy atom. The monoisotopic (exact) mass is 333 g/mol. The van der Waals surface area contributed by atoms with Crippen LogP contribution in [-0.4, -0.2) is 6.61 Å². The SMILES string of the molecule is Cl.Nc1ccc(Br)c(OCCC2CCCCC2)c1. The van der Waals surface area contributed by atoms with Crippen LogP contribution in [0, 0.1) is 5.92 Å². The number of benzene rings is 1. The maximum absolute atomic E-state index is 5.79. The fourth-order valence-electron chi connectivity index (χ4n) is 2.44. The Bertz CT molecular complexity index is 367. The van der Waals surface area contributed by atoms with Gasteiger partial charge in [-0.05, 0) is 40.4 Å². The molecule has 0 bridgehead atoms. The minimum Gasteiger partial charge on any atom is -0.492 e. The lowest BCUT2D eigenvalue weighted by atomic mass is 9.87. The summed E-state index contributed by atoms with van der Waals surface area (Å²) < 4.78 is 6.78. The molecule has 2 nitrogen and oxygen atoms in total. The van der Waals surface area contributed by atoms with E-state index in [4.69, 9.17) is 10.5 Å². The summed E-state index contributed by atoms with van der Waals surface area (Å²) in [6, 6.07) is 5.69. The van der Waals surface area contributed by atoms with Crippen LogP contribution in [0.25, 0.3) is 0 Å². The Balaban J connectivity index is 0.00000162. The van der Waals surface area contributed by atoms with Crippen molar-refractivity contribution >= 4 is 34.0 Å². The first-order chi connectivity index (χ1) is 8.25. The van der Waals surface area contributed by atoms with Crippen LogP contribution >= 0.6 is 28.3 Å². The average molecular weight is 335 g/mol. The van der Waals surface area contributed by atoms with Crippen molar-refractivity contribution in [3.63, 3.8) is 0 Å². The zero-order valence-corrected chi connectivity index (χ0v) is 12.9. The van der Waals surface area contributed by atoms with Crippen LogP contribution in [0.4, 0.5) is 5.69 Å². The molecule has 1 aliphatic rings. The van der Waals surface area contributed by atoms with Crippen LogP contribution in [0.3, 0.4) is 0 Å². The van der Waals surface area contributed by atoms with Crippen molar-refractivity contribution < 1.29 is 4.74 Å². The molecule has 1 aliphatic carbocycles. The molecule has 0 radical (unpaired) electrons. The minimum absolute atomic E-state index is 0. The fraction of sp³-hybridized carbons (Fsp3) is 0.571. The number of anilines is 1. The number of halogens is 2. The van der Waals surface area contributed by atoms with Gasteiger partial charge in [-0.1, -0.05) is 32.1 Å². The quantitative estimate of drug-likeness (QED) is 0.803. The zero-order chi connectivity index (χ0) is 12.1. The highest BCUT2D eigenvalue weighted by Gasteiger charge is 2.13. The number of hydrogen-bond acceptors (Lipinski definition) is 2. The molecule has 0 unspecified atom stereocenters. The van der Waals surface area contributed by atoms with Gasteiger partial charge in [0, 0.05) is 11.8 Å². The number of nitrogens with two attached hydrogens (primary N) is 1. The van der Waals surface area contributed by atoms with Crippen molar-refractivity contribution in [2.75, 3.05) is 12.3 Å². The maximum atomic E-state index is 5.79. The van der Waals surface area contributed by atoms with Crippen LogP contribution < -0.4 is 10.5 Å². The summed E-state index contributed by atoms with van der Waals surface area (Å²) in [5.41, 5.74) is 6.49. The molecule has 0 aliphatic heterocycles. The van der Waals surface area contributed by atoms with E-state index in [2.05, 4.69) is 15.9 Å². The summed E-state index contributed by atoms with van der Waals surface area (Å²) >= 11 is 3.48. The first kappa shape index (κ1) is 15.6. The van der Waals surface area contributed by atoms with E-state index >= 15 is 0 Å². The molecule has 1 aromatic carbocycles. The third-order valence-electron chi connectivity index (χ3n) is 3.46. The fourth-order valence-corrected chi connectivity index (χ4v) is 2.80. The molecule has 0 saturated heterocycles. The molecule has 1 saturated carbocycles. The Kier molecular flexibility index (Phi) is 6.87. The van der Waals surface area contributed by atoms with E-state index < -0.39 is 0 Å². The number of ether oxygens (including phenoxy) is 1. The van der Waals surface area contributed by atoms with Gasteiger partial charge < -0.3 is 10.5 Å². The van der Waals surface area contributed by atoms with E-state index in [9.17, 15) is 0 Å². The van der Waals surface area contributed by atoms with Gasteiger partial charge in [-0.3, -0.25) is 0 Å². The van der Waals surface area contributed by atoms with Crippen LogP contribution in [0.2, 0.25) is 0 Å². The van der Waals surface area contributed by atoms with E-state index in [0.29, 0.717) is 0 Å². The molecule has 0 spiro atoms. The van der Waals surface area contributed by atoms with Crippen molar-refractivity contribution in [3.05, 3.63) is 22.7 Å². The summed E-state index contributed by atoms with van der Waals surface area (Å²) in [5.74, 6) is 1.73. The van der Waals surface area contributed by atoms with Crippen LogP contribution in [0.1, 0.15) is 38.5 Å². The summed E-state index contributed by atoms with van der Waals surface area (Å²) in [6.45, 7) is 0.798. The summed E-state index contributed by atoms with van der Waals surface area (Å²) in [6.07, 6.45) is 8.13. The van der Waals surface area contributed by atoms with E-state index in [1.807, 2.05) is 18.2 Å². The van der Waals surface area contributed by atoms with Gasteiger partial charge in [-0.2, -0.15) is 0 Å². The molecule has 102 valence electrons. The molecule has 0 heterocycles. The second kappa shape index (κ2) is 7.90. The van der Waals surface area contributed by atoms with Gasteiger partial charge in [-0.25, -0.2) is 0 Å². The van der Waals surface area contributed by atoms with Gasteiger partial charge in [0.25, 0.3) is 0 Å². The molecule has 0 atom stereocenters. The molecule has 2 rings (SSSR count). The third-order valence-corrected chi connectivity index (χ3v) is 4.12. The highest BCUT2D eigenvalue weighted by atomic mass is 79.9. The summed E-state index contributed by atoms with van der Waals surface area (Å²) in [5, 5.41) is 0. The van der Waals surface area contributed by atoms with Gasteiger partial charge >= 0.3 is 0 Å². The predicted octanol–water partition coefficient (Wildman–Crippen LogP) is 4.80. The molecule has 0 amide bonds. The standard InChI is InChI=1S/C14H20BrNO.ClH/c15-13-7-6-12(16)10-14(13)17-9-8-11-4-2-1-3-5-11;/h6-7,10-11H,1-5,8-9,16H2;1H. The highest BCUT2D eigenvalue weighted by molar-refractivity contribution is 9.10. The highest BCUT2D eigenvalue weighted by Crippen LogP contribution is 2.29. The second-order valence-corrected chi connectivity index (χ2v) is 5.69. The Labute approximate surface area is 124 Å². The van der Waals surface area contributed by atoms with Crippen molar-refractivity contribution in [1.82, 2.24) is 0 Å². The summed E-state index contributed by atoms with van der Waals surface area (Å²) in [7, 11) is 0.